The third-order valence-electron chi connectivity index (χ3n) is 1.84. The van der Waals surface area contributed by atoms with Crippen LogP contribution in [0.2, 0.25) is 0 Å². The average molecular weight is 215 g/mol. The van der Waals surface area contributed by atoms with Gasteiger partial charge in [0.05, 0.1) is 0 Å². The standard InChI is InChI=1S/C11H21NO3/c1-11(2,3)15-10(14)9(8-13)6-4-5-7-12/h8-9H,4-7,12H2,1-3H3. The molecule has 0 aliphatic rings. The molecule has 0 radical (unpaired) electrons. The van der Waals surface area contributed by atoms with Crippen LogP contribution in [0.15, 0.2) is 0 Å². The Hall–Kier alpha value is -0.900. The summed E-state index contributed by atoms with van der Waals surface area (Å²) in [6.45, 7) is 5.94. The van der Waals surface area contributed by atoms with Crippen LogP contribution < -0.4 is 5.73 Å². The van der Waals surface area contributed by atoms with E-state index in [9.17, 15) is 9.59 Å². The maximum atomic E-state index is 11.5. The Balaban J connectivity index is 4.05. The zero-order valence-corrected chi connectivity index (χ0v) is 9.79. The Morgan fingerprint density at radius 1 is 1.40 bits per heavy atom. The van der Waals surface area contributed by atoms with Crippen LogP contribution in [-0.2, 0) is 14.3 Å². The van der Waals surface area contributed by atoms with E-state index >= 15 is 0 Å². The molecule has 0 saturated heterocycles. The first-order valence-corrected chi connectivity index (χ1v) is 5.29. The second kappa shape index (κ2) is 6.56. The molecule has 0 fully saturated rings. The Bertz CT molecular complexity index is 208. The molecule has 0 amide bonds. The number of aldehydes is 1. The van der Waals surface area contributed by atoms with E-state index in [0.717, 1.165) is 12.8 Å². The molecule has 0 spiro atoms. The molecule has 0 heterocycles. The number of hydrogen-bond acceptors (Lipinski definition) is 4. The SMILES string of the molecule is CC(C)(C)OC(=O)C(C=O)CCCCN. The van der Waals surface area contributed by atoms with Gasteiger partial charge in [0.2, 0.25) is 0 Å². The van der Waals surface area contributed by atoms with Crippen molar-refractivity contribution < 1.29 is 14.3 Å². The number of nitrogens with two attached hydrogens (primary N) is 1. The number of rotatable bonds is 6. The lowest BCUT2D eigenvalue weighted by atomic mass is 10.0. The number of carbonyl (C=O) groups is 2. The summed E-state index contributed by atoms with van der Waals surface area (Å²) in [7, 11) is 0. The van der Waals surface area contributed by atoms with Crippen molar-refractivity contribution in [3.8, 4) is 0 Å². The first kappa shape index (κ1) is 14.1. The van der Waals surface area contributed by atoms with E-state index in [-0.39, 0.29) is 0 Å². The minimum atomic E-state index is -0.643. The van der Waals surface area contributed by atoms with E-state index in [1.807, 2.05) is 0 Å². The molecule has 0 bridgehead atoms. The minimum absolute atomic E-state index is 0.436. The van der Waals surface area contributed by atoms with Gasteiger partial charge in [0.25, 0.3) is 0 Å². The highest BCUT2D eigenvalue weighted by Gasteiger charge is 2.24. The molecule has 4 nitrogen and oxygen atoms in total. The van der Waals surface area contributed by atoms with Gasteiger partial charge in [-0.05, 0) is 40.2 Å². The average Bonchev–Trinajstić information content (AvgIpc) is 2.09. The first-order chi connectivity index (χ1) is 6.90. The fourth-order valence-electron chi connectivity index (χ4n) is 1.13. The number of hydrogen-bond donors (Lipinski definition) is 1. The van der Waals surface area contributed by atoms with E-state index < -0.39 is 17.5 Å². The molecule has 0 saturated carbocycles. The summed E-state index contributed by atoms with van der Waals surface area (Å²) in [5.41, 5.74) is 4.79. The molecule has 88 valence electrons. The Labute approximate surface area is 91.2 Å². The summed E-state index contributed by atoms with van der Waals surface area (Å²) in [6, 6.07) is 0. The van der Waals surface area contributed by atoms with Crippen molar-refractivity contribution in [1.29, 1.82) is 0 Å². The van der Waals surface area contributed by atoms with Crippen LogP contribution >= 0.6 is 0 Å². The van der Waals surface area contributed by atoms with Crippen LogP contribution in [0.5, 0.6) is 0 Å². The monoisotopic (exact) mass is 215 g/mol. The number of carbonyl (C=O) groups excluding carboxylic acids is 2. The van der Waals surface area contributed by atoms with Gasteiger partial charge in [0, 0.05) is 0 Å². The van der Waals surface area contributed by atoms with Crippen LogP contribution in [0, 0.1) is 5.92 Å². The number of ether oxygens (including phenoxy) is 1. The van der Waals surface area contributed by atoms with Crippen molar-refractivity contribution in [2.24, 2.45) is 11.7 Å². The van der Waals surface area contributed by atoms with Gasteiger partial charge in [-0.15, -0.1) is 0 Å². The van der Waals surface area contributed by atoms with Crippen molar-refractivity contribution in [3.05, 3.63) is 0 Å². The van der Waals surface area contributed by atoms with Gasteiger partial charge in [-0.2, -0.15) is 0 Å². The third-order valence-corrected chi connectivity index (χ3v) is 1.84. The smallest absolute Gasteiger partial charge is 0.316 e. The quantitative estimate of drug-likeness (QED) is 0.313. The Kier molecular flexibility index (Phi) is 6.17. The maximum Gasteiger partial charge on any atom is 0.316 e. The topological polar surface area (TPSA) is 69.4 Å². The molecular weight excluding hydrogens is 194 g/mol. The Morgan fingerprint density at radius 2 is 2.00 bits per heavy atom. The maximum absolute atomic E-state index is 11.5. The lowest BCUT2D eigenvalue weighted by Gasteiger charge is -2.21. The molecule has 4 heteroatoms. The van der Waals surface area contributed by atoms with E-state index in [1.54, 1.807) is 20.8 Å². The summed E-state index contributed by atoms with van der Waals surface area (Å²) in [6.07, 6.45) is 2.78. The predicted octanol–water partition coefficient (Wildman–Crippen LogP) is 1.27. The molecule has 0 aromatic rings. The van der Waals surface area contributed by atoms with Crippen molar-refractivity contribution in [2.45, 2.75) is 45.6 Å². The summed E-state index contributed by atoms with van der Waals surface area (Å²) in [4.78, 5) is 22.2. The van der Waals surface area contributed by atoms with E-state index in [0.29, 0.717) is 19.3 Å². The molecular formula is C11H21NO3. The van der Waals surface area contributed by atoms with Crippen LogP contribution in [0.4, 0.5) is 0 Å². The van der Waals surface area contributed by atoms with Crippen LogP contribution in [0.3, 0.4) is 0 Å². The van der Waals surface area contributed by atoms with Gasteiger partial charge < -0.3 is 15.3 Å². The molecule has 0 aromatic heterocycles. The van der Waals surface area contributed by atoms with E-state index in [4.69, 9.17) is 10.5 Å². The molecule has 0 aliphatic carbocycles. The third kappa shape index (κ3) is 7.08. The van der Waals surface area contributed by atoms with Crippen molar-refractivity contribution in [1.82, 2.24) is 0 Å². The first-order valence-electron chi connectivity index (χ1n) is 5.29. The summed E-state index contributed by atoms with van der Waals surface area (Å²) >= 11 is 0. The summed E-state index contributed by atoms with van der Waals surface area (Å²) < 4.78 is 5.12. The predicted molar refractivity (Wildman–Crippen MR) is 58.3 cm³/mol. The molecule has 2 N–H and O–H groups in total. The van der Waals surface area contributed by atoms with Crippen molar-refractivity contribution in [2.75, 3.05) is 6.54 Å². The zero-order chi connectivity index (χ0) is 11.9. The fraction of sp³-hybridized carbons (Fsp3) is 0.818. The van der Waals surface area contributed by atoms with Crippen molar-refractivity contribution in [3.63, 3.8) is 0 Å². The van der Waals surface area contributed by atoms with Gasteiger partial charge >= 0.3 is 5.97 Å². The molecule has 1 atom stereocenters. The molecule has 1 unspecified atom stereocenters. The lowest BCUT2D eigenvalue weighted by Crippen LogP contribution is -2.29. The molecule has 0 aliphatic heterocycles. The normalized spacial score (nSPS) is 13.3. The minimum Gasteiger partial charge on any atom is -0.459 e. The van der Waals surface area contributed by atoms with Crippen LogP contribution in [-0.4, -0.2) is 24.4 Å². The second-order valence-electron chi connectivity index (χ2n) is 4.56. The van der Waals surface area contributed by atoms with Crippen molar-refractivity contribution >= 4 is 12.3 Å². The number of unbranched alkanes of at least 4 members (excludes halogenated alkanes) is 1. The van der Waals surface area contributed by atoms with Gasteiger partial charge in [-0.3, -0.25) is 4.79 Å². The highest BCUT2D eigenvalue weighted by atomic mass is 16.6. The van der Waals surface area contributed by atoms with Crippen LogP contribution in [0.1, 0.15) is 40.0 Å². The molecule has 0 rings (SSSR count). The Morgan fingerprint density at radius 3 is 2.40 bits per heavy atom. The molecule has 15 heavy (non-hydrogen) atoms. The van der Waals surface area contributed by atoms with Gasteiger partial charge in [-0.1, -0.05) is 6.42 Å². The second-order valence-corrected chi connectivity index (χ2v) is 4.56. The largest absolute Gasteiger partial charge is 0.459 e. The van der Waals surface area contributed by atoms with E-state index in [2.05, 4.69) is 0 Å². The van der Waals surface area contributed by atoms with Gasteiger partial charge in [0.1, 0.15) is 17.8 Å². The van der Waals surface area contributed by atoms with Gasteiger partial charge in [0.15, 0.2) is 0 Å². The zero-order valence-electron chi connectivity index (χ0n) is 9.79. The highest BCUT2D eigenvalue weighted by molar-refractivity contribution is 5.87. The summed E-state index contributed by atoms with van der Waals surface area (Å²) in [5.74, 6) is -1.08. The van der Waals surface area contributed by atoms with E-state index in [1.165, 1.54) is 0 Å². The summed E-state index contributed by atoms with van der Waals surface area (Å²) in [5, 5.41) is 0. The van der Waals surface area contributed by atoms with Crippen LogP contribution in [0.25, 0.3) is 0 Å². The van der Waals surface area contributed by atoms with Gasteiger partial charge in [-0.25, -0.2) is 0 Å². The fourth-order valence-corrected chi connectivity index (χ4v) is 1.13. The lowest BCUT2D eigenvalue weighted by molar-refractivity contribution is -0.160. The number of esters is 1. The molecule has 0 aromatic carbocycles. The highest BCUT2D eigenvalue weighted by Crippen LogP contribution is 2.14.